The zero-order chi connectivity index (χ0) is 23.3. The Bertz CT molecular complexity index is 1130. The van der Waals surface area contributed by atoms with Crippen molar-refractivity contribution in [3.63, 3.8) is 0 Å². The van der Waals surface area contributed by atoms with E-state index in [4.69, 9.17) is 0 Å². The van der Waals surface area contributed by atoms with Crippen LogP contribution in [0.5, 0.6) is 0 Å². The second-order valence-electron chi connectivity index (χ2n) is 8.40. The van der Waals surface area contributed by atoms with Gasteiger partial charge in [-0.3, -0.25) is 19.4 Å². The topological polar surface area (TPSA) is 100 Å². The summed E-state index contributed by atoms with van der Waals surface area (Å²) in [4.78, 5) is 41.7. The van der Waals surface area contributed by atoms with Gasteiger partial charge in [-0.25, -0.2) is 0 Å². The average molecular weight is 451 g/mol. The first-order chi connectivity index (χ1) is 15.1. The minimum atomic E-state index is -0.516. The third-order valence-electron chi connectivity index (χ3n) is 4.62. The predicted octanol–water partition coefficient (Wildman–Crippen LogP) is 4.62. The van der Waals surface area contributed by atoms with Crippen LogP contribution in [-0.2, 0) is 11.3 Å². The summed E-state index contributed by atoms with van der Waals surface area (Å²) in [7, 11) is 0. The van der Waals surface area contributed by atoms with E-state index in [0.717, 1.165) is 11.1 Å². The number of rotatable bonds is 6. The fraction of sp³-hybridized carbons (Fsp3) is 0.250. The maximum Gasteiger partial charge on any atom is 0.261 e. The first-order valence-corrected chi connectivity index (χ1v) is 11.0. The molecule has 2 heterocycles. The Kier molecular flexibility index (Phi) is 7.05. The van der Waals surface area contributed by atoms with Gasteiger partial charge in [0.25, 0.3) is 11.8 Å². The number of benzene rings is 1. The van der Waals surface area contributed by atoms with Crippen LogP contribution in [0.1, 0.15) is 51.9 Å². The quantitative estimate of drug-likeness (QED) is 0.510. The van der Waals surface area contributed by atoms with Gasteiger partial charge >= 0.3 is 0 Å². The number of aromatic nitrogens is 1. The van der Waals surface area contributed by atoms with Gasteiger partial charge in [0.05, 0.1) is 9.88 Å². The lowest BCUT2D eigenvalue weighted by atomic mass is 9.96. The molecule has 1 aromatic carbocycles. The van der Waals surface area contributed by atoms with Crippen molar-refractivity contribution in [2.45, 2.75) is 34.2 Å². The van der Waals surface area contributed by atoms with Crippen LogP contribution in [0.2, 0.25) is 0 Å². The molecule has 0 saturated carbocycles. The summed E-state index contributed by atoms with van der Waals surface area (Å²) in [5, 5.41) is 9.26. The summed E-state index contributed by atoms with van der Waals surface area (Å²) in [6.07, 6.45) is 3.13. The van der Waals surface area contributed by atoms with Crippen molar-refractivity contribution in [1.29, 1.82) is 0 Å². The van der Waals surface area contributed by atoms with Crippen molar-refractivity contribution < 1.29 is 14.4 Å². The van der Waals surface area contributed by atoms with Crippen LogP contribution < -0.4 is 16.0 Å². The van der Waals surface area contributed by atoms with Crippen LogP contribution in [0.3, 0.4) is 0 Å². The lowest BCUT2D eigenvalue weighted by Gasteiger charge is -2.16. The summed E-state index contributed by atoms with van der Waals surface area (Å²) in [6.45, 7) is 7.66. The third kappa shape index (κ3) is 6.01. The summed E-state index contributed by atoms with van der Waals surface area (Å²) in [5.74, 6) is -0.543. The molecule has 3 amide bonds. The third-order valence-corrected chi connectivity index (χ3v) is 5.77. The smallest absolute Gasteiger partial charge is 0.261 e. The molecule has 3 rings (SSSR count). The first kappa shape index (κ1) is 23.1. The Balaban J connectivity index is 1.61. The highest BCUT2D eigenvalue weighted by Gasteiger charge is 2.23. The van der Waals surface area contributed by atoms with Gasteiger partial charge in [-0.1, -0.05) is 32.9 Å². The molecule has 3 aromatic rings. The van der Waals surface area contributed by atoms with Gasteiger partial charge in [-0.2, -0.15) is 0 Å². The van der Waals surface area contributed by atoms with E-state index >= 15 is 0 Å². The molecule has 0 atom stereocenters. The van der Waals surface area contributed by atoms with Crippen molar-refractivity contribution in [3.8, 4) is 0 Å². The molecule has 8 heteroatoms. The molecule has 0 unspecified atom stereocenters. The number of carbonyl (C=O) groups is 3. The number of nitrogens with zero attached hydrogens (tertiary/aromatic N) is 1. The molecule has 7 nitrogen and oxygen atoms in total. The summed E-state index contributed by atoms with van der Waals surface area (Å²) in [5.41, 5.74) is 2.29. The van der Waals surface area contributed by atoms with Gasteiger partial charge in [0.15, 0.2) is 0 Å². The van der Waals surface area contributed by atoms with Gasteiger partial charge in [-0.15, -0.1) is 11.3 Å². The minimum absolute atomic E-state index is 0.101. The number of anilines is 2. The van der Waals surface area contributed by atoms with Gasteiger partial charge < -0.3 is 16.0 Å². The molecule has 0 fully saturated rings. The number of nitrogens with one attached hydrogen (secondary N) is 3. The van der Waals surface area contributed by atoms with E-state index in [9.17, 15) is 14.4 Å². The Hall–Kier alpha value is -3.52. The van der Waals surface area contributed by atoms with Gasteiger partial charge in [-0.05, 0) is 48.4 Å². The summed E-state index contributed by atoms with van der Waals surface area (Å²) < 4.78 is 0. The minimum Gasteiger partial charge on any atom is -0.347 e. The molecule has 2 aromatic heterocycles. The monoisotopic (exact) mass is 450 g/mol. The second-order valence-corrected chi connectivity index (χ2v) is 9.45. The van der Waals surface area contributed by atoms with Gasteiger partial charge in [0.1, 0.15) is 0 Å². The van der Waals surface area contributed by atoms with Gasteiger partial charge in [0, 0.05) is 35.6 Å². The van der Waals surface area contributed by atoms with E-state index in [1.807, 2.05) is 45.9 Å². The van der Waals surface area contributed by atoms with Crippen LogP contribution in [0.25, 0.3) is 0 Å². The number of amides is 3. The molecule has 0 spiro atoms. The number of aryl methyl sites for hydroxylation is 1. The average Bonchev–Trinajstić information content (AvgIpc) is 3.12. The molecule has 0 aliphatic carbocycles. The Morgan fingerprint density at radius 2 is 1.69 bits per heavy atom. The molecule has 0 saturated heterocycles. The van der Waals surface area contributed by atoms with E-state index in [1.165, 1.54) is 11.3 Å². The SMILES string of the molecule is Cc1cc(NC(=O)C(C)(C)C)sc1C(=O)NCc1cccc(NC(=O)c2ccncc2)c1. The maximum absolute atomic E-state index is 12.7. The maximum atomic E-state index is 12.7. The molecule has 0 bridgehead atoms. The molecular weight excluding hydrogens is 424 g/mol. The highest BCUT2D eigenvalue weighted by Crippen LogP contribution is 2.28. The highest BCUT2D eigenvalue weighted by molar-refractivity contribution is 7.18. The van der Waals surface area contributed by atoms with Crippen LogP contribution in [0, 0.1) is 12.3 Å². The Labute approximate surface area is 191 Å². The number of pyridine rings is 1. The number of thiophene rings is 1. The van der Waals surface area contributed by atoms with Crippen molar-refractivity contribution in [1.82, 2.24) is 10.3 Å². The molecule has 0 aliphatic heterocycles. The lowest BCUT2D eigenvalue weighted by molar-refractivity contribution is -0.123. The number of hydrogen-bond acceptors (Lipinski definition) is 5. The standard InChI is InChI=1S/C24H26N4O3S/c1-15-12-19(28-23(31)24(2,3)4)32-20(15)22(30)26-14-16-6-5-7-18(13-16)27-21(29)17-8-10-25-11-9-17/h5-13H,14H2,1-4H3,(H,26,30)(H,27,29)(H,28,31). The normalized spacial score (nSPS) is 11.0. The van der Waals surface area contributed by atoms with Crippen molar-refractivity contribution in [2.75, 3.05) is 10.6 Å². The summed E-state index contributed by atoms with van der Waals surface area (Å²) >= 11 is 1.25. The zero-order valence-electron chi connectivity index (χ0n) is 18.5. The number of carbonyl (C=O) groups excluding carboxylic acids is 3. The molecular formula is C24H26N4O3S. The number of hydrogen-bond donors (Lipinski definition) is 3. The van der Waals surface area contributed by atoms with Crippen LogP contribution in [0.15, 0.2) is 54.9 Å². The summed E-state index contributed by atoms with van der Waals surface area (Å²) in [6, 6.07) is 12.4. The van der Waals surface area contributed by atoms with Crippen molar-refractivity contribution in [2.24, 2.45) is 5.41 Å². The molecule has 166 valence electrons. The Morgan fingerprint density at radius 1 is 0.969 bits per heavy atom. The predicted molar refractivity (Wildman–Crippen MR) is 127 cm³/mol. The van der Waals surface area contributed by atoms with E-state index in [2.05, 4.69) is 20.9 Å². The van der Waals surface area contributed by atoms with Crippen molar-refractivity contribution in [3.05, 3.63) is 76.4 Å². The lowest BCUT2D eigenvalue weighted by Crippen LogP contribution is -2.27. The van der Waals surface area contributed by atoms with E-state index in [0.29, 0.717) is 27.7 Å². The van der Waals surface area contributed by atoms with Crippen LogP contribution >= 0.6 is 11.3 Å². The highest BCUT2D eigenvalue weighted by atomic mass is 32.1. The fourth-order valence-corrected chi connectivity index (χ4v) is 3.78. The van der Waals surface area contributed by atoms with E-state index in [-0.39, 0.29) is 17.7 Å². The second kappa shape index (κ2) is 9.74. The molecule has 0 aliphatic rings. The van der Waals surface area contributed by atoms with E-state index < -0.39 is 5.41 Å². The molecule has 32 heavy (non-hydrogen) atoms. The zero-order valence-corrected chi connectivity index (χ0v) is 19.3. The van der Waals surface area contributed by atoms with Crippen molar-refractivity contribution >= 4 is 39.7 Å². The van der Waals surface area contributed by atoms with Gasteiger partial charge in [0.2, 0.25) is 5.91 Å². The molecule has 3 N–H and O–H groups in total. The van der Waals surface area contributed by atoms with E-state index in [1.54, 1.807) is 36.7 Å². The van der Waals surface area contributed by atoms with Crippen LogP contribution in [0.4, 0.5) is 10.7 Å². The van der Waals surface area contributed by atoms with Crippen LogP contribution in [-0.4, -0.2) is 22.7 Å². The first-order valence-electron chi connectivity index (χ1n) is 10.1. The fourth-order valence-electron chi connectivity index (χ4n) is 2.80. The molecule has 0 radical (unpaired) electrons. The Morgan fingerprint density at radius 3 is 2.38 bits per heavy atom. The largest absolute Gasteiger partial charge is 0.347 e.